The first-order chi connectivity index (χ1) is 12.7. The fraction of sp³-hybridized carbons (Fsp3) is 0.600. The fourth-order valence-electron chi connectivity index (χ4n) is 3.50. The minimum absolute atomic E-state index is 0.0194. The minimum Gasteiger partial charge on any atom is -0.298 e. The van der Waals surface area contributed by atoms with Crippen molar-refractivity contribution in [1.82, 2.24) is 24.2 Å². The van der Waals surface area contributed by atoms with Crippen molar-refractivity contribution in [2.45, 2.75) is 65.1 Å². The topological polar surface area (TPSA) is 73.0 Å². The van der Waals surface area contributed by atoms with Crippen molar-refractivity contribution in [2.75, 3.05) is 13.1 Å². The molecule has 0 N–H and O–H groups in total. The van der Waals surface area contributed by atoms with Crippen LogP contribution in [0.1, 0.15) is 45.0 Å². The van der Waals surface area contributed by atoms with Crippen molar-refractivity contribution < 1.29 is 0 Å². The van der Waals surface area contributed by atoms with Gasteiger partial charge in [-0.25, -0.2) is 9.67 Å². The van der Waals surface area contributed by atoms with Crippen molar-refractivity contribution >= 4 is 0 Å². The minimum atomic E-state index is -0.0928. The summed E-state index contributed by atoms with van der Waals surface area (Å²) in [5, 5.41) is 4.60. The highest BCUT2D eigenvalue weighted by molar-refractivity contribution is 5.10. The molecule has 2 aromatic rings. The maximum atomic E-state index is 12.3. The molecule has 1 atom stereocenters. The molecule has 0 spiro atoms. The molecule has 0 aliphatic carbocycles. The molecule has 0 saturated carbocycles. The van der Waals surface area contributed by atoms with Crippen molar-refractivity contribution in [3.05, 3.63) is 56.6 Å². The smallest absolute Gasteiger partial charge is 0.266 e. The van der Waals surface area contributed by atoms with Crippen molar-refractivity contribution in [3.63, 3.8) is 0 Å². The lowest BCUT2D eigenvalue weighted by Crippen LogP contribution is -2.40. The van der Waals surface area contributed by atoms with Crippen LogP contribution in [0.2, 0.25) is 0 Å². The first kappa shape index (κ1) is 19.5. The van der Waals surface area contributed by atoms with E-state index < -0.39 is 0 Å². The molecule has 7 nitrogen and oxygen atoms in total. The van der Waals surface area contributed by atoms with Crippen molar-refractivity contribution in [1.29, 1.82) is 0 Å². The van der Waals surface area contributed by atoms with E-state index in [1.54, 1.807) is 27.7 Å². The van der Waals surface area contributed by atoms with E-state index in [1.807, 2.05) is 13.0 Å². The predicted molar refractivity (Wildman–Crippen MR) is 105 cm³/mol. The van der Waals surface area contributed by atoms with Crippen LogP contribution in [-0.4, -0.2) is 43.4 Å². The van der Waals surface area contributed by atoms with Gasteiger partial charge in [-0.15, -0.1) is 0 Å². The van der Waals surface area contributed by atoms with Gasteiger partial charge >= 0.3 is 0 Å². The molecule has 0 amide bonds. The number of hydrogen-bond donors (Lipinski definition) is 0. The zero-order valence-corrected chi connectivity index (χ0v) is 16.7. The number of rotatable bonds is 5. The third-order valence-corrected chi connectivity index (χ3v) is 5.16. The average molecular weight is 371 g/mol. The van der Waals surface area contributed by atoms with E-state index in [2.05, 4.69) is 35.8 Å². The van der Waals surface area contributed by atoms with Gasteiger partial charge < -0.3 is 0 Å². The van der Waals surface area contributed by atoms with Crippen LogP contribution >= 0.6 is 0 Å². The molecule has 1 aliphatic heterocycles. The highest BCUT2D eigenvalue weighted by Crippen LogP contribution is 2.20. The molecule has 1 saturated heterocycles. The van der Waals surface area contributed by atoms with Gasteiger partial charge in [-0.1, -0.05) is 20.8 Å². The van der Waals surface area contributed by atoms with E-state index in [9.17, 15) is 9.59 Å². The van der Waals surface area contributed by atoms with Gasteiger partial charge in [-0.3, -0.25) is 19.1 Å². The largest absolute Gasteiger partial charge is 0.298 e. The molecule has 7 heteroatoms. The molecular formula is C20H29N5O2. The zero-order chi connectivity index (χ0) is 19.6. The Balaban J connectivity index is 1.70. The highest BCUT2D eigenvalue weighted by atomic mass is 16.1. The van der Waals surface area contributed by atoms with Gasteiger partial charge in [0.1, 0.15) is 0 Å². The Kier molecular flexibility index (Phi) is 5.60. The maximum absolute atomic E-state index is 12.3. The first-order valence-corrected chi connectivity index (χ1v) is 9.60. The summed E-state index contributed by atoms with van der Waals surface area (Å²) in [6, 6.07) is 5.26. The van der Waals surface area contributed by atoms with E-state index in [4.69, 9.17) is 0 Å². The van der Waals surface area contributed by atoms with Crippen LogP contribution in [0.25, 0.3) is 0 Å². The predicted octanol–water partition coefficient (Wildman–Crippen LogP) is 1.57. The SMILES string of the molecule is Cc1cc(=O)n(CCN2CCCC2Cn2nc(C(C)(C)C)ccc2=O)cn1. The molecule has 146 valence electrons. The Morgan fingerprint density at radius 3 is 2.63 bits per heavy atom. The lowest BCUT2D eigenvalue weighted by molar-refractivity contribution is 0.215. The number of likely N-dealkylation sites (tertiary alicyclic amines) is 1. The summed E-state index contributed by atoms with van der Waals surface area (Å²) in [6.07, 6.45) is 3.75. The number of aromatic nitrogens is 4. The van der Waals surface area contributed by atoms with Gasteiger partial charge in [0.15, 0.2) is 0 Å². The van der Waals surface area contributed by atoms with Gasteiger partial charge in [0.05, 0.1) is 18.6 Å². The summed E-state index contributed by atoms with van der Waals surface area (Å²) in [7, 11) is 0. The monoisotopic (exact) mass is 371 g/mol. The van der Waals surface area contributed by atoms with Gasteiger partial charge in [0, 0.05) is 42.4 Å². The maximum Gasteiger partial charge on any atom is 0.266 e. The molecule has 0 bridgehead atoms. The van der Waals surface area contributed by atoms with E-state index in [-0.39, 0.29) is 22.6 Å². The van der Waals surface area contributed by atoms with Crippen LogP contribution < -0.4 is 11.1 Å². The summed E-state index contributed by atoms with van der Waals surface area (Å²) in [5.41, 5.74) is 1.48. The van der Waals surface area contributed by atoms with Crippen LogP contribution in [0, 0.1) is 6.92 Å². The molecule has 0 aromatic carbocycles. The third kappa shape index (κ3) is 4.71. The first-order valence-electron chi connectivity index (χ1n) is 9.60. The number of hydrogen-bond acceptors (Lipinski definition) is 5. The van der Waals surface area contributed by atoms with E-state index in [0.29, 0.717) is 13.1 Å². The molecule has 1 unspecified atom stereocenters. The van der Waals surface area contributed by atoms with Crippen LogP contribution in [0.15, 0.2) is 34.1 Å². The Morgan fingerprint density at radius 1 is 1.15 bits per heavy atom. The third-order valence-electron chi connectivity index (χ3n) is 5.16. The van der Waals surface area contributed by atoms with E-state index >= 15 is 0 Å². The molecule has 1 fully saturated rings. The summed E-state index contributed by atoms with van der Waals surface area (Å²) in [4.78, 5) is 30.9. The molecule has 27 heavy (non-hydrogen) atoms. The van der Waals surface area contributed by atoms with Crippen LogP contribution in [0.4, 0.5) is 0 Å². The summed E-state index contributed by atoms with van der Waals surface area (Å²) in [6.45, 7) is 11.0. The average Bonchev–Trinajstić information content (AvgIpc) is 3.02. The second-order valence-electron chi connectivity index (χ2n) is 8.38. The summed E-state index contributed by atoms with van der Waals surface area (Å²) >= 11 is 0. The van der Waals surface area contributed by atoms with Crippen molar-refractivity contribution in [3.8, 4) is 0 Å². The molecule has 1 aliphatic rings. The second-order valence-corrected chi connectivity index (χ2v) is 8.38. The second kappa shape index (κ2) is 7.76. The van der Waals surface area contributed by atoms with Gasteiger partial charge in [0.25, 0.3) is 11.1 Å². The molecule has 3 rings (SSSR count). The lowest BCUT2D eigenvalue weighted by Gasteiger charge is -2.25. The van der Waals surface area contributed by atoms with Gasteiger partial charge in [-0.2, -0.15) is 5.10 Å². The van der Waals surface area contributed by atoms with Gasteiger partial charge in [0.2, 0.25) is 0 Å². The highest BCUT2D eigenvalue weighted by Gasteiger charge is 2.26. The number of nitrogens with zero attached hydrogens (tertiary/aromatic N) is 5. The lowest BCUT2D eigenvalue weighted by atomic mass is 9.92. The normalized spacial score (nSPS) is 18.1. The fourth-order valence-corrected chi connectivity index (χ4v) is 3.50. The van der Waals surface area contributed by atoms with Crippen LogP contribution in [0.5, 0.6) is 0 Å². The van der Waals surface area contributed by atoms with Crippen LogP contribution in [0.3, 0.4) is 0 Å². The molecule has 2 aromatic heterocycles. The van der Waals surface area contributed by atoms with E-state index in [1.165, 1.54) is 0 Å². The standard InChI is InChI=1S/C20H29N5O2/c1-15-12-19(27)24(14-21-15)11-10-23-9-5-6-16(23)13-25-18(26)8-7-17(22-25)20(2,3)4/h7-8,12,14,16H,5-6,9-11,13H2,1-4H3. The Morgan fingerprint density at radius 2 is 1.93 bits per heavy atom. The zero-order valence-electron chi connectivity index (χ0n) is 16.7. The summed E-state index contributed by atoms with van der Waals surface area (Å²) < 4.78 is 3.25. The van der Waals surface area contributed by atoms with Crippen molar-refractivity contribution in [2.24, 2.45) is 0 Å². The van der Waals surface area contributed by atoms with Gasteiger partial charge in [-0.05, 0) is 32.4 Å². The summed E-state index contributed by atoms with van der Waals surface area (Å²) in [5.74, 6) is 0. The molecule has 3 heterocycles. The number of aryl methyl sites for hydroxylation is 1. The van der Waals surface area contributed by atoms with Crippen LogP contribution in [-0.2, 0) is 18.5 Å². The van der Waals surface area contributed by atoms with E-state index in [0.717, 1.165) is 37.3 Å². The Hall–Kier alpha value is -2.28. The Labute approximate surface area is 159 Å². The molecular weight excluding hydrogens is 342 g/mol. The molecule has 0 radical (unpaired) electrons. The quantitative estimate of drug-likeness (QED) is 0.798. The Bertz CT molecular complexity index is 910.